The van der Waals surface area contributed by atoms with E-state index >= 15 is 0 Å². The highest BCUT2D eigenvalue weighted by Crippen LogP contribution is 2.33. The van der Waals surface area contributed by atoms with Crippen LogP contribution in [0.4, 0.5) is 0 Å². The van der Waals surface area contributed by atoms with Crippen molar-refractivity contribution in [1.82, 2.24) is 9.97 Å². The first-order valence-electron chi connectivity index (χ1n) is 6.00. The summed E-state index contributed by atoms with van der Waals surface area (Å²) in [6.07, 6.45) is 0. The highest BCUT2D eigenvalue weighted by Gasteiger charge is 2.13. The molecule has 2 heterocycles. The third-order valence-electron chi connectivity index (χ3n) is 2.93. The molecule has 3 aromatic rings. The predicted molar refractivity (Wildman–Crippen MR) is 85.5 cm³/mol. The predicted octanol–water partition coefficient (Wildman–Crippen LogP) is 5.49. The summed E-state index contributed by atoms with van der Waals surface area (Å²) < 4.78 is 0.710. The van der Waals surface area contributed by atoms with Crippen molar-refractivity contribution in [3.8, 4) is 22.0 Å². The van der Waals surface area contributed by atoms with E-state index < -0.39 is 0 Å². The molecule has 20 heavy (non-hydrogen) atoms. The number of thiophene rings is 1. The summed E-state index contributed by atoms with van der Waals surface area (Å²) in [5.74, 6) is 0.608. The van der Waals surface area contributed by atoms with Crippen LogP contribution in [0.15, 0.2) is 42.5 Å². The van der Waals surface area contributed by atoms with E-state index in [0.717, 1.165) is 21.7 Å². The van der Waals surface area contributed by atoms with Crippen molar-refractivity contribution >= 4 is 34.5 Å². The molecule has 0 atom stereocenters. The first kappa shape index (κ1) is 13.6. The smallest absolute Gasteiger partial charge is 0.171 e. The van der Waals surface area contributed by atoms with Crippen molar-refractivity contribution in [2.75, 3.05) is 0 Å². The van der Waals surface area contributed by atoms with Gasteiger partial charge in [-0.3, -0.25) is 0 Å². The van der Waals surface area contributed by atoms with Crippen LogP contribution in [0.1, 0.15) is 5.56 Å². The van der Waals surface area contributed by atoms with Crippen LogP contribution in [0.25, 0.3) is 22.0 Å². The highest BCUT2D eigenvalue weighted by molar-refractivity contribution is 7.19. The summed E-state index contributed by atoms with van der Waals surface area (Å²) in [4.78, 5) is 9.90. The fourth-order valence-corrected chi connectivity index (χ4v) is 3.06. The van der Waals surface area contributed by atoms with Crippen LogP contribution in [0.2, 0.25) is 9.49 Å². The Morgan fingerprint density at radius 2 is 1.70 bits per heavy atom. The Balaban J connectivity index is 2.18. The second kappa shape index (κ2) is 5.52. The van der Waals surface area contributed by atoms with Gasteiger partial charge in [0.15, 0.2) is 5.82 Å². The van der Waals surface area contributed by atoms with Crippen molar-refractivity contribution in [3.63, 3.8) is 0 Å². The van der Waals surface area contributed by atoms with E-state index in [9.17, 15) is 0 Å². The molecule has 5 heteroatoms. The fourth-order valence-electron chi connectivity index (χ4n) is 1.91. The molecular weight excluding hydrogens is 311 g/mol. The van der Waals surface area contributed by atoms with E-state index in [1.807, 2.05) is 49.4 Å². The lowest BCUT2D eigenvalue weighted by atomic mass is 10.1. The van der Waals surface area contributed by atoms with Crippen LogP contribution in [-0.4, -0.2) is 9.97 Å². The standard InChI is InChI=1S/C15H10Cl2N2S/c1-9-13(10-5-3-2-4-6-10)18-15(19-14(9)17)11-7-8-12(16)20-11/h2-8H,1H3. The SMILES string of the molecule is Cc1c(Cl)nc(-c2ccc(Cl)s2)nc1-c1ccccc1. The van der Waals surface area contributed by atoms with Gasteiger partial charge in [-0.1, -0.05) is 53.5 Å². The zero-order chi connectivity index (χ0) is 14.1. The number of benzene rings is 1. The van der Waals surface area contributed by atoms with Gasteiger partial charge in [0, 0.05) is 11.1 Å². The summed E-state index contributed by atoms with van der Waals surface area (Å²) in [6.45, 7) is 1.93. The minimum Gasteiger partial charge on any atom is -0.227 e. The normalized spacial score (nSPS) is 10.8. The van der Waals surface area contributed by atoms with Crippen LogP contribution >= 0.6 is 34.5 Å². The van der Waals surface area contributed by atoms with E-state index in [0.29, 0.717) is 15.3 Å². The number of aromatic nitrogens is 2. The summed E-state index contributed by atoms with van der Waals surface area (Å²) in [6, 6.07) is 13.7. The van der Waals surface area contributed by atoms with E-state index in [-0.39, 0.29) is 0 Å². The third kappa shape index (κ3) is 2.57. The average molecular weight is 321 g/mol. The lowest BCUT2D eigenvalue weighted by Gasteiger charge is -2.08. The summed E-state index contributed by atoms with van der Waals surface area (Å²) in [5, 5.41) is 0.471. The molecule has 2 aromatic heterocycles. The molecule has 0 aliphatic carbocycles. The Kier molecular flexibility index (Phi) is 3.74. The van der Waals surface area contributed by atoms with Gasteiger partial charge in [0.05, 0.1) is 14.9 Å². The Morgan fingerprint density at radius 3 is 2.35 bits per heavy atom. The molecule has 0 amide bonds. The van der Waals surface area contributed by atoms with Gasteiger partial charge in [-0.15, -0.1) is 11.3 Å². The molecule has 0 saturated carbocycles. The van der Waals surface area contributed by atoms with Gasteiger partial charge >= 0.3 is 0 Å². The Hall–Kier alpha value is -1.42. The largest absolute Gasteiger partial charge is 0.227 e. The van der Waals surface area contributed by atoms with Gasteiger partial charge in [0.25, 0.3) is 0 Å². The Labute approximate surface area is 131 Å². The van der Waals surface area contributed by atoms with Gasteiger partial charge in [-0.05, 0) is 19.1 Å². The number of rotatable bonds is 2. The second-order valence-electron chi connectivity index (χ2n) is 4.28. The maximum absolute atomic E-state index is 6.25. The molecule has 100 valence electrons. The van der Waals surface area contributed by atoms with Gasteiger partial charge in [0.2, 0.25) is 0 Å². The molecule has 0 N–H and O–H groups in total. The maximum Gasteiger partial charge on any atom is 0.171 e. The summed E-state index contributed by atoms with van der Waals surface area (Å²) >= 11 is 13.7. The van der Waals surface area contributed by atoms with Crippen molar-refractivity contribution in [3.05, 3.63) is 57.5 Å². The van der Waals surface area contributed by atoms with Crippen LogP contribution in [-0.2, 0) is 0 Å². The first-order valence-corrected chi connectivity index (χ1v) is 7.57. The first-order chi connectivity index (χ1) is 9.65. The number of hydrogen-bond donors (Lipinski definition) is 0. The van der Waals surface area contributed by atoms with Gasteiger partial charge < -0.3 is 0 Å². The quantitative estimate of drug-likeness (QED) is 0.583. The second-order valence-corrected chi connectivity index (χ2v) is 6.35. The molecule has 0 radical (unpaired) electrons. The lowest BCUT2D eigenvalue weighted by molar-refractivity contribution is 1.15. The third-order valence-corrected chi connectivity index (χ3v) is 4.52. The topological polar surface area (TPSA) is 25.8 Å². The van der Waals surface area contributed by atoms with E-state index in [4.69, 9.17) is 23.2 Å². The van der Waals surface area contributed by atoms with Crippen LogP contribution < -0.4 is 0 Å². The monoisotopic (exact) mass is 320 g/mol. The summed E-state index contributed by atoms with van der Waals surface area (Å²) in [7, 11) is 0. The molecule has 0 bridgehead atoms. The molecule has 0 saturated heterocycles. The molecule has 0 unspecified atom stereocenters. The van der Waals surface area contributed by atoms with Gasteiger partial charge in [-0.2, -0.15) is 0 Å². The molecule has 0 aliphatic heterocycles. The molecule has 0 aliphatic rings. The van der Waals surface area contributed by atoms with E-state index in [1.165, 1.54) is 11.3 Å². The van der Waals surface area contributed by atoms with Gasteiger partial charge in [0.1, 0.15) is 5.15 Å². The van der Waals surface area contributed by atoms with Gasteiger partial charge in [-0.25, -0.2) is 9.97 Å². The molecule has 3 rings (SSSR count). The number of hydrogen-bond acceptors (Lipinski definition) is 3. The van der Waals surface area contributed by atoms with Crippen molar-refractivity contribution in [1.29, 1.82) is 0 Å². The average Bonchev–Trinajstić information content (AvgIpc) is 2.89. The van der Waals surface area contributed by atoms with E-state index in [1.54, 1.807) is 0 Å². The lowest BCUT2D eigenvalue weighted by Crippen LogP contribution is -1.96. The summed E-state index contributed by atoms with van der Waals surface area (Å²) in [5.41, 5.74) is 2.76. The molecular formula is C15H10Cl2N2S. The molecule has 2 nitrogen and oxygen atoms in total. The Morgan fingerprint density at radius 1 is 0.950 bits per heavy atom. The molecule has 1 aromatic carbocycles. The molecule has 0 fully saturated rings. The van der Waals surface area contributed by atoms with Crippen molar-refractivity contribution in [2.45, 2.75) is 6.92 Å². The number of nitrogens with zero attached hydrogens (tertiary/aromatic N) is 2. The van der Waals surface area contributed by atoms with Crippen molar-refractivity contribution in [2.24, 2.45) is 0 Å². The Bertz CT molecular complexity index is 754. The van der Waals surface area contributed by atoms with Crippen molar-refractivity contribution < 1.29 is 0 Å². The number of halogens is 2. The highest BCUT2D eigenvalue weighted by atomic mass is 35.5. The minimum absolute atomic E-state index is 0.471. The molecule has 0 spiro atoms. The van der Waals surface area contributed by atoms with Crippen LogP contribution in [0.3, 0.4) is 0 Å². The van der Waals surface area contributed by atoms with Crippen LogP contribution in [0, 0.1) is 6.92 Å². The zero-order valence-electron chi connectivity index (χ0n) is 10.6. The zero-order valence-corrected chi connectivity index (χ0v) is 12.9. The van der Waals surface area contributed by atoms with E-state index in [2.05, 4.69) is 9.97 Å². The fraction of sp³-hybridized carbons (Fsp3) is 0.0667. The minimum atomic E-state index is 0.471. The maximum atomic E-state index is 6.25. The van der Waals surface area contributed by atoms with Crippen LogP contribution in [0.5, 0.6) is 0 Å².